The van der Waals surface area contributed by atoms with Gasteiger partial charge in [-0.3, -0.25) is 9.78 Å². The number of rotatable bonds is 6. The summed E-state index contributed by atoms with van der Waals surface area (Å²) in [6, 6.07) is 4.93. The number of carboxylic acid groups (broad SMARTS) is 1. The second kappa shape index (κ2) is 8.29. The largest absolute Gasteiger partial charge is 0.490 e. The highest BCUT2D eigenvalue weighted by molar-refractivity contribution is 6.33. The summed E-state index contributed by atoms with van der Waals surface area (Å²) >= 11 is 6.47. The number of hydrogen-bond donors (Lipinski definition) is 2. The fourth-order valence-electron chi connectivity index (χ4n) is 3.59. The molecular formula is C21H24ClN3O4. The quantitative estimate of drug-likeness (QED) is 0.588. The summed E-state index contributed by atoms with van der Waals surface area (Å²) in [6.45, 7) is 5.97. The average Bonchev–Trinajstić information content (AvgIpc) is 2.63. The molecule has 0 fully saturated rings. The molecule has 2 N–H and O–H groups in total. The highest BCUT2D eigenvalue weighted by atomic mass is 35.5. The van der Waals surface area contributed by atoms with E-state index in [2.05, 4.69) is 10.3 Å². The molecule has 0 aliphatic heterocycles. The third kappa shape index (κ3) is 4.29. The first kappa shape index (κ1) is 20.9. The van der Waals surface area contributed by atoms with Gasteiger partial charge in [-0.05, 0) is 36.8 Å². The van der Waals surface area contributed by atoms with Crippen LogP contribution in [0, 0.1) is 12.8 Å². The number of amides is 1. The minimum absolute atomic E-state index is 0.139. The monoisotopic (exact) mass is 417 g/mol. The van der Waals surface area contributed by atoms with Gasteiger partial charge in [0.15, 0.2) is 0 Å². The fourth-order valence-corrected chi connectivity index (χ4v) is 3.81. The lowest BCUT2D eigenvalue weighted by Crippen LogP contribution is -2.39. The van der Waals surface area contributed by atoms with Gasteiger partial charge in [-0.2, -0.15) is 0 Å². The predicted molar refractivity (Wildman–Crippen MR) is 114 cm³/mol. The molecule has 0 saturated heterocycles. The molecule has 1 aromatic carbocycles. The van der Waals surface area contributed by atoms with Gasteiger partial charge >= 0.3 is 6.09 Å². The van der Waals surface area contributed by atoms with Crippen LogP contribution in [-0.2, 0) is 7.05 Å². The molecule has 3 aromatic rings. The molecule has 0 saturated carbocycles. The van der Waals surface area contributed by atoms with Crippen molar-refractivity contribution in [2.45, 2.75) is 33.2 Å². The third-order valence-electron chi connectivity index (χ3n) is 4.88. The van der Waals surface area contributed by atoms with Crippen molar-refractivity contribution in [2.75, 3.05) is 6.61 Å². The maximum atomic E-state index is 12.8. The van der Waals surface area contributed by atoms with E-state index in [9.17, 15) is 9.59 Å². The van der Waals surface area contributed by atoms with Crippen LogP contribution in [0.15, 0.2) is 29.2 Å². The zero-order valence-electron chi connectivity index (χ0n) is 16.8. The molecule has 7 nitrogen and oxygen atoms in total. The number of ether oxygens (including phenoxy) is 1. The van der Waals surface area contributed by atoms with Gasteiger partial charge in [0.25, 0.3) is 5.56 Å². The maximum absolute atomic E-state index is 12.8. The van der Waals surface area contributed by atoms with Crippen molar-refractivity contribution in [1.82, 2.24) is 14.9 Å². The van der Waals surface area contributed by atoms with Crippen LogP contribution in [0.2, 0.25) is 5.02 Å². The van der Waals surface area contributed by atoms with Gasteiger partial charge in [0.2, 0.25) is 0 Å². The van der Waals surface area contributed by atoms with Gasteiger partial charge < -0.3 is 19.7 Å². The Balaban J connectivity index is 2.03. The number of halogens is 1. The molecule has 154 valence electrons. The summed E-state index contributed by atoms with van der Waals surface area (Å²) in [5.41, 5.74) is 1.20. The third-order valence-corrected chi connectivity index (χ3v) is 5.18. The van der Waals surface area contributed by atoms with E-state index < -0.39 is 6.09 Å². The highest BCUT2D eigenvalue weighted by Gasteiger charge is 2.17. The summed E-state index contributed by atoms with van der Waals surface area (Å²) < 4.78 is 7.41. The van der Waals surface area contributed by atoms with E-state index in [-0.39, 0.29) is 18.2 Å². The fraction of sp³-hybridized carbons (Fsp3) is 0.381. The van der Waals surface area contributed by atoms with Gasteiger partial charge in [0, 0.05) is 24.7 Å². The molecular weight excluding hydrogens is 394 g/mol. The molecule has 8 heteroatoms. The number of carbonyl (C=O) groups is 1. The van der Waals surface area contributed by atoms with Crippen LogP contribution in [0.3, 0.4) is 0 Å². The summed E-state index contributed by atoms with van der Waals surface area (Å²) in [5, 5.41) is 14.1. The molecule has 0 aliphatic rings. The van der Waals surface area contributed by atoms with Crippen LogP contribution in [0.5, 0.6) is 5.75 Å². The Morgan fingerprint density at radius 2 is 2.07 bits per heavy atom. The molecule has 0 radical (unpaired) electrons. The Kier molecular flexibility index (Phi) is 5.98. The van der Waals surface area contributed by atoms with Crippen molar-refractivity contribution in [3.05, 3.63) is 45.5 Å². The Hall–Kier alpha value is -2.80. The maximum Gasteiger partial charge on any atom is 0.404 e. The van der Waals surface area contributed by atoms with Crippen LogP contribution in [-0.4, -0.2) is 33.4 Å². The normalized spacial score (nSPS) is 12.5. The number of aryl methyl sites for hydroxylation is 2. The van der Waals surface area contributed by atoms with E-state index >= 15 is 0 Å². The molecule has 3 rings (SSSR count). The van der Waals surface area contributed by atoms with Gasteiger partial charge in [-0.15, -0.1) is 0 Å². The Bertz CT molecular complexity index is 1140. The SMILES string of the molecule is Cc1nccc2c1c(=O)n(C)c1cc(OCC(CC(C)C)NC(=O)O)c(Cl)cc21. The van der Waals surface area contributed by atoms with E-state index in [1.54, 1.807) is 42.9 Å². The second-order valence-corrected chi connectivity index (χ2v) is 7.98. The van der Waals surface area contributed by atoms with Crippen molar-refractivity contribution in [1.29, 1.82) is 0 Å². The summed E-state index contributed by atoms with van der Waals surface area (Å²) in [7, 11) is 1.70. The number of fused-ring (bicyclic) bond motifs is 3. The van der Waals surface area contributed by atoms with Crippen LogP contribution >= 0.6 is 11.6 Å². The molecule has 1 atom stereocenters. The van der Waals surface area contributed by atoms with Gasteiger partial charge in [0.1, 0.15) is 12.4 Å². The van der Waals surface area contributed by atoms with E-state index in [0.717, 1.165) is 10.8 Å². The number of nitrogens with one attached hydrogen (secondary N) is 1. The summed E-state index contributed by atoms with van der Waals surface area (Å²) in [5.74, 6) is 0.701. The van der Waals surface area contributed by atoms with Crippen LogP contribution < -0.4 is 15.6 Å². The van der Waals surface area contributed by atoms with Gasteiger partial charge in [-0.25, -0.2) is 4.79 Å². The van der Waals surface area contributed by atoms with Crippen LogP contribution in [0.1, 0.15) is 26.0 Å². The smallest absolute Gasteiger partial charge is 0.404 e. The Morgan fingerprint density at radius 1 is 1.34 bits per heavy atom. The Morgan fingerprint density at radius 3 is 2.72 bits per heavy atom. The van der Waals surface area contributed by atoms with E-state index in [0.29, 0.717) is 39.7 Å². The standard InChI is InChI=1S/C21H24ClN3O4/c1-11(2)7-13(24-21(27)28)10-29-18-9-17-15(8-16(18)22)14-5-6-23-12(3)19(14)20(26)25(17)4/h5-6,8-9,11,13,24H,7,10H2,1-4H3,(H,27,28). The number of pyridine rings is 2. The first-order valence-corrected chi connectivity index (χ1v) is 9.76. The lowest BCUT2D eigenvalue weighted by atomic mass is 10.0. The number of aromatic nitrogens is 2. The van der Waals surface area contributed by atoms with Crippen molar-refractivity contribution >= 4 is 39.4 Å². The predicted octanol–water partition coefficient (Wildman–Crippen LogP) is 4.11. The lowest BCUT2D eigenvalue weighted by molar-refractivity contribution is 0.176. The molecule has 1 amide bonds. The van der Waals surface area contributed by atoms with Crippen molar-refractivity contribution < 1.29 is 14.6 Å². The topological polar surface area (TPSA) is 93.5 Å². The van der Waals surface area contributed by atoms with Crippen molar-refractivity contribution in [3.63, 3.8) is 0 Å². The average molecular weight is 418 g/mol. The molecule has 1 unspecified atom stereocenters. The summed E-state index contributed by atoms with van der Waals surface area (Å²) in [6.07, 6.45) is 1.21. The highest BCUT2D eigenvalue weighted by Crippen LogP contribution is 2.33. The van der Waals surface area contributed by atoms with Gasteiger partial charge in [-0.1, -0.05) is 25.4 Å². The lowest BCUT2D eigenvalue weighted by Gasteiger charge is -2.20. The molecule has 29 heavy (non-hydrogen) atoms. The Labute approximate surface area is 173 Å². The number of hydrogen-bond acceptors (Lipinski definition) is 4. The van der Waals surface area contributed by atoms with E-state index in [1.807, 2.05) is 13.8 Å². The van der Waals surface area contributed by atoms with Crippen molar-refractivity contribution in [2.24, 2.45) is 13.0 Å². The molecule has 0 spiro atoms. The number of benzene rings is 1. The zero-order valence-corrected chi connectivity index (χ0v) is 17.6. The minimum Gasteiger partial charge on any atom is -0.490 e. The molecule has 2 aromatic heterocycles. The first-order valence-electron chi connectivity index (χ1n) is 9.38. The van der Waals surface area contributed by atoms with Crippen molar-refractivity contribution in [3.8, 4) is 5.75 Å². The molecule has 0 bridgehead atoms. The van der Waals surface area contributed by atoms with Crippen LogP contribution in [0.25, 0.3) is 21.7 Å². The second-order valence-electron chi connectivity index (χ2n) is 7.57. The molecule has 2 heterocycles. The van der Waals surface area contributed by atoms with Crippen LogP contribution in [0.4, 0.5) is 4.79 Å². The first-order chi connectivity index (χ1) is 13.7. The van der Waals surface area contributed by atoms with E-state index in [4.69, 9.17) is 21.4 Å². The number of nitrogens with zero attached hydrogens (tertiary/aromatic N) is 2. The molecule has 0 aliphatic carbocycles. The minimum atomic E-state index is -1.10. The van der Waals surface area contributed by atoms with E-state index in [1.165, 1.54) is 0 Å². The van der Waals surface area contributed by atoms with Gasteiger partial charge in [0.05, 0.1) is 27.7 Å². The summed E-state index contributed by atoms with van der Waals surface area (Å²) in [4.78, 5) is 28.1. The zero-order chi connectivity index (χ0) is 21.3.